The Hall–Kier alpha value is -2.47. The molecule has 0 saturated carbocycles. The quantitative estimate of drug-likeness (QED) is 0.0653. The van der Waals surface area contributed by atoms with Crippen LogP contribution in [-0.4, -0.2) is 110 Å². The monoisotopic (exact) mass is 781 g/mol. The summed E-state index contributed by atoms with van der Waals surface area (Å²) in [4.78, 5) is 14.5. The zero-order chi connectivity index (χ0) is 39.3. The number of hydrogen-bond acceptors (Lipinski definition) is 8. The van der Waals surface area contributed by atoms with Crippen molar-refractivity contribution >= 4 is 38.0 Å². The molecule has 2 rings (SSSR count). The number of amides is 1. The molecule has 0 fully saturated rings. The molecule has 0 saturated heterocycles. The van der Waals surface area contributed by atoms with Crippen molar-refractivity contribution in [1.82, 2.24) is 9.21 Å². The predicted octanol–water partition coefficient (Wildman–Crippen LogP) is 8.15. The molecule has 14 heteroatoms. The maximum absolute atomic E-state index is 14.6. The van der Waals surface area contributed by atoms with Gasteiger partial charge in [-0.3, -0.25) is 4.90 Å². The molecule has 2 N–H and O–H groups in total. The van der Waals surface area contributed by atoms with E-state index in [0.717, 1.165) is 17.7 Å². The van der Waals surface area contributed by atoms with E-state index in [1.165, 1.54) is 15.3 Å². The van der Waals surface area contributed by atoms with Gasteiger partial charge in [-0.25, -0.2) is 13.2 Å². The van der Waals surface area contributed by atoms with Crippen LogP contribution in [0.4, 0.5) is 10.5 Å². The Kier molecular flexibility index (Phi) is 17.8. The highest BCUT2D eigenvalue weighted by Gasteiger charge is 2.41. The van der Waals surface area contributed by atoms with Crippen molar-refractivity contribution in [2.24, 2.45) is 5.92 Å². The molecule has 296 valence electrons. The number of rotatable bonds is 23. The molecule has 2 aromatic rings. The van der Waals surface area contributed by atoms with Crippen LogP contribution in [0.5, 0.6) is 5.75 Å². The third kappa shape index (κ3) is 15.9. The van der Waals surface area contributed by atoms with Crippen LogP contribution in [0, 0.1) is 5.92 Å². The summed E-state index contributed by atoms with van der Waals surface area (Å²) in [6, 6.07) is 15.6. The lowest BCUT2D eigenvalue weighted by atomic mass is 9.94. The largest absolute Gasteiger partial charge is 0.465 e. The van der Waals surface area contributed by atoms with Crippen molar-refractivity contribution in [2.45, 2.75) is 115 Å². The topological polar surface area (TPSA) is 127 Å². The minimum Gasteiger partial charge on any atom is -0.465 e. The van der Waals surface area contributed by atoms with Crippen LogP contribution in [0.1, 0.15) is 40.2 Å². The van der Waals surface area contributed by atoms with Crippen molar-refractivity contribution in [1.29, 1.82) is 0 Å². The summed E-state index contributed by atoms with van der Waals surface area (Å²) in [6.07, 6.45) is -1.66. The smallest absolute Gasteiger partial charge is 0.408 e. The van der Waals surface area contributed by atoms with Crippen LogP contribution >= 0.6 is 0 Å². The third-order valence-corrected chi connectivity index (χ3v) is 13.7. The fourth-order valence-electron chi connectivity index (χ4n) is 5.59. The first-order valence-corrected chi connectivity index (χ1v) is 27.2. The molecule has 0 aromatic heterocycles. The molecular weight excluding hydrogens is 715 g/mol. The van der Waals surface area contributed by atoms with Crippen LogP contribution in [0.15, 0.2) is 53.4 Å². The molecule has 0 spiro atoms. The van der Waals surface area contributed by atoms with Crippen LogP contribution in [0.2, 0.25) is 51.4 Å². The van der Waals surface area contributed by atoms with E-state index in [9.17, 15) is 18.3 Å². The number of anilines is 1. The van der Waals surface area contributed by atoms with Gasteiger partial charge in [-0.15, -0.1) is 0 Å². The van der Waals surface area contributed by atoms with Crippen molar-refractivity contribution < 1.29 is 37.3 Å². The van der Waals surface area contributed by atoms with Crippen LogP contribution in [0.25, 0.3) is 0 Å². The molecule has 0 radical (unpaired) electrons. The number of hydrogen-bond donors (Lipinski definition) is 2. The standard InChI is InChI=1S/C38H67N3O8SSi2/c1-30(2)26-40(50(44,45)32-18-19-35(33(25-32)39-6)48-28-46-20-22-51(7,8)9)27-36(49-29-47-21-23-52(10,11)12)34(24-31-16-14-13-15-17-31)41(37(42)43)38(3,4)5/h13-19,25,30,34,36,39H,20-24,26-29H2,1-12H3,(H,42,43)/t34-,36+/m0/s1. The van der Waals surface area contributed by atoms with Gasteiger partial charge in [0.15, 0.2) is 6.79 Å². The highest BCUT2D eigenvalue weighted by molar-refractivity contribution is 7.89. The highest BCUT2D eigenvalue weighted by atomic mass is 32.2. The second-order valence-corrected chi connectivity index (χ2v) is 30.4. The molecule has 0 bridgehead atoms. The number of benzene rings is 2. The number of sulfonamides is 1. The molecule has 52 heavy (non-hydrogen) atoms. The molecule has 0 unspecified atom stereocenters. The van der Waals surface area contributed by atoms with Gasteiger partial charge in [0.2, 0.25) is 10.0 Å². The average molecular weight is 782 g/mol. The second-order valence-electron chi connectivity index (χ2n) is 17.2. The van der Waals surface area contributed by atoms with E-state index in [4.69, 9.17) is 18.9 Å². The Morgan fingerprint density at radius 1 is 0.885 bits per heavy atom. The zero-order valence-corrected chi connectivity index (χ0v) is 36.6. The number of ether oxygens (including phenoxy) is 4. The SMILES string of the molecule is CNc1cc(S(=O)(=O)N(CC(C)C)C[C@@H](OCOCC[Si](C)(C)C)[C@H](Cc2ccccc2)N(C(=O)O)C(C)(C)C)ccc1OCOCC[Si](C)(C)C. The number of carboxylic acid groups (broad SMARTS) is 1. The van der Waals surface area contributed by atoms with E-state index in [1.54, 1.807) is 19.2 Å². The first-order valence-electron chi connectivity index (χ1n) is 18.3. The Balaban J connectivity index is 2.54. The van der Waals surface area contributed by atoms with E-state index in [1.807, 2.05) is 65.0 Å². The van der Waals surface area contributed by atoms with Gasteiger partial charge in [0.1, 0.15) is 12.5 Å². The zero-order valence-electron chi connectivity index (χ0n) is 33.8. The van der Waals surface area contributed by atoms with E-state index in [-0.39, 0.29) is 37.5 Å². The summed E-state index contributed by atoms with van der Waals surface area (Å²) in [5.41, 5.74) is 0.603. The van der Waals surface area contributed by atoms with Gasteiger partial charge in [0.05, 0.1) is 22.7 Å². The van der Waals surface area contributed by atoms with Gasteiger partial charge < -0.3 is 29.4 Å². The Morgan fingerprint density at radius 3 is 1.96 bits per heavy atom. The van der Waals surface area contributed by atoms with E-state index in [0.29, 0.717) is 31.1 Å². The molecule has 0 heterocycles. The van der Waals surface area contributed by atoms with Crippen molar-refractivity contribution in [2.75, 3.05) is 52.3 Å². The molecule has 1 amide bonds. The number of nitrogens with zero attached hydrogens (tertiary/aromatic N) is 2. The van der Waals surface area contributed by atoms with E-state index < -0.39 is 49.9 Å². The summed E-state index contributed by atoms with van der Waals surface area (Å²) in [5, 5.41) is 13.7. The summed E-state index contributed by atoms with van der Waals surface area (Å²) < 4.78 is 54.6. The fraction of sp³-hybridized carbons (Fsp3) is 0.658. The lowest BCUT2D eigenvalue weighted by Crippen LogP contribution is -2.59. The summed E-state index contributed by atoms with van der Waals surface area (Å²) in [5.74, 6) is 0.445. The van der Waals surface area contributed by atoms with Crippen LogP contribution in [-0.2, 0) is 30.7 Å². The van der Waals surface area contributed by atoms with Gasteiger partial charge in [-0.1, -0.05) is 83.5 Å². The lowest BCUT2D eigenvalue weighted by Gasteiger charge is -2.44. The van der Waals surface area contributed by atoms with Gasteiger partial charge in [-0.2, -0.15) is 4.31 Å². The van der Waals surface area contributed by atoms with Gasteiger partial charge >= 0.3 is 6.09 Å². The maximum atomic E-state index is 14.6. The second kappa shape index (κ2) is 20.3. The molecule has 2 aromatic carbocycles. The predicted molar refractivity (Wildman–Crippen MR) is 217 cm³/mol. The number of carbonyl (C=O) groups is 1. The minimum atomic E-state index is -4.10. The number of nitrogens with one attached hydrogen (secondary N) is 1. The third-order valence-electron chi connectivity index (χ3n) is 8.44. The summed E-state index contributed by atoms with van der Waals surface area (Å²) in [7, 11) is -5.01. The van der Waals surface area contributed by atoms with E-state index >= 15 is 0 Å². The molecule has 2 atom stereocenters. The van der Waals surface area contributed by atoms with Gasteiger partial charge in [0, 0.05) is 55.0 Å². The Morgan fingerprint density at radius 2 is 1.46 bits per heavy atom. The van der Waals surface area contributed by atoms with Crippen molar-refractivity contribution in [3.8, 4) is 5.75 Å². The lowest BCUT2D eigenvalue weighted by molar-refractivity contribution is -0.118. The fourth-order valence-corrected chi connectivity index (χ4v) is 8.75. The summed E-state index contributed by atoms with van der Waals surface area (Å²) in [6.45, 7) is 24.2. The molecule has 0 aliphatic rings. The van der Waals surface area contributed by atoms with Crippen LogP contribution in [0.3, 0.4) is 0 Å². The molecular formula is C38H67N3O8SSi2. The molecule has 0 aliphatic heterocycles. The summed E-state index contributed by atoms with van der Waals surface area (Å²) >= 11 is 0. The first-order chi connectivity index (χ1) is 24.0. The minimum absolute atomic E-state index is 0.0335. The Bertz CT molecular complexity index is 1480. The molecule has 11 nitrogen and oxygen atoms in total. The van der Waals surface area contributed by atoms with Gasteiger partial charge in [0.25, 0.3) is 0 Å². The van der Waals surface area contributed by atoms with Crippen LogP contribution < -0.4 is 10.1 Å². The maximum Gasteiger partial charge on any atom is 0.408 e. The average Bonchev–Trinajstić information content (AvgIpc) is 3.01. The van der Waals surface area contributed by atoms with Crippen molar-refractivity contribution in [3.05, 3.63) is 54.1 Å². The highest BCUT2D eigenvalue weighted by Crippen LogP contribution is 2.31. The normalized spacial score (nSPS) is 14.0. The Labute approximate surface area is 316 Å². The van der Waals surface area contributed by atoms with Gasteiger partial charge in [-0.05, 0) is 69.0 Å². The first kappa shape index (κ1) is 45.7. The van der Waals surface area contributed by atoms with Crippen molar-refractivity contribution in [3.63, 3.8) is 0 Å². The molecule has 0 aliphatic carbocycles. The van der Waals surface area contributed by atoms with E-state index in [2.05, 4.69) is 44.6 Å².